The Kier molecular flexibility index (Phi) is 51.3. The minimum atomic E-state index is -4.74. The van der Waals surface area contributed by atoms with Gasteiger partial charge in [0.05, 0.1) is 19.8 Å². The molecule has 3 unspecified atom stereocenters. The summed E-state index contributed by atoms with van der Waals surface area (Å²) in [5, 5.41) is 9.80. The molecular weight excluding hydrogens is 904 g/mol. The molecule has 0 aromatic carbocycles. The lowest BCUT2D eigenvalue weighted by atomic mass is 10.0. The molecule has 0 radical (unpaired) electrons. The first-order valence-corrected chi connectivity index (χ1v) is 30.4. The summed E-state index contributed by atoms with van der Waals surface area (Å²) < 4.78 is 39.5. The fourth-order valence-electron chi connectivity index (χ4n) is 8.10. The second-order valence-corrected chi connectivity index (χ2v) is 20.9. The van der Waals surface area contributed by atoms with E-state index in [1.165, 1.54) is 128 Å². The van der Waals surface area contributed by atoms with E-state index in [0.717, 1.165) is 89.9 Å². The Bertz CT molecular complexity index is 1320. The number of allylic oxidation sites excluding steroid dienone is 6. The molecule has 0 amide bonds. The highest BCUT2D eigenvalue weighted by Crippen LogP contribution is 2.43. The van der Waals surface area contributed by atoms with Crippen molar-refractivity contribution in [2.45, 2.75) is 290 Å². The van der Waals surface area contributed by atoms with Gasteiger partial charge < -0.3 is 24.2 Å². The summed E-state index contributed by atoms with van der Waals surface area (Å²) in [6, 6.07) is 0. The molecule has 0 aliphatic carbocycles. The average Bonchev–Trinajstić information content (AvgIpc) is 3.35. The van der Waals surface area contributed by atoms with Gasteiger partial charge in [0.1, 0.15) is 12.7 Å². The van der Waals surface area contributed by atoms with Gasteiger partial charge in [-0.25, -0.2) is 4.57 Å². The van der Waals surface area contributed by atoms with Gasteiger partial charge in [-0.15, -0.1) is 0 Å². The number of esters is 3. The maximum Gasteiger partial charge on any atom is 0.472 e. The third-order valence-electron chi connectivity index (χ3n) is 12.5. The molecule has 11 nitrogen and oxygen atoms in total. The number of hydrogen-bond acceptors (Lipinski definition) is 10. The van der Waals surface area contributed by atoms with Crippen molar-refractivity contribution < 1.29 is 52.2 Å². The van der Waals surface area contributed by atoms with E-state index in [-0.39, 0.29) is 25.9 Å². The molecule has 0 spiro atoms. The highest BCUT2D eigenvalue weighted by Gasteiger charge is 2.28. The molecule has 70 heavy (non-hydrogen) atoms. The monoisotopic (exact) mass is 1010 g/mol. The number of rotatable bonds is 54. The zero-order valence-electron chi connectivity index (χ0n) is 45.2. The molecular formula is C58H107O11P. The van der Waals surface area contributed by atoms with Gasteiger partial charge in [-0.3, -0.25) is 23.4 Å². The molecule has 0 saturated carbocycles. The number of unbranched alkanes of at least 4 members (excludes halogenated alkanes) is 31. The van der Waals surface area contributed by atoms with Crippen LogP contribution >= 0.6 is 7.82 Å². The average molecular weight is 1010 g/mol. The zero-order valence-corrected chi connectivity index (χ0v) is 46.1. The minimum Gasteiger partial charge on any atom is -0.462 e. The van der Waals surface area contributed by atoms with Crippen molar-refractivity contribution in [3.05, 3.63) is 36.5 Å². The normalized spacial score (nSPS) is 13.6. The Morgan fingerprint density at radius 3 is 1.13 bits per heavy atom. The number of phosphoric acid groups is 1. The molecule has 410 valence electrons. The van der Waals surface area contributed by atoms with Crippen LogP contribution in [0.25, 0.3) is 0 Å². The van der Waals surface area contributed by atoms with Gasteiger partial charge in [0, 0.05) is 19.3 Å². The molecule has 0 aliphatic heterocycles. The first kappa shape index (κ1) is 67.7. The molecule has 0 aromatic heterocycles. The molecule has 3 atom stereocenters. The van der Waals surface area contributed by atoms with Crippen LogP contribution in [0.1, 0.15) is 278 Å². The van der Waals surface area contributed by atoms with E-state index in [1.54, 1.807) is 0 Å². The van der Waals surface area contributed by atoms with Gasteiger partial charge in [-0.2, -0.15) is 0 Å². The van der Waals surface area contributed by atoms with Crippen molar-refractivity contribution in [1.29, 1.82) is 0 Å². The van der Waals surface area contributed by atoms with E-state index in [0.29, 0.717) is 19.3 Å². The Morgan fingerprint density at radius 1 is 0.400 bits per heavy atom. The van der Waals surface area contributed by atoms with Crippen LogP contribution in [0, 0.1) is 0 Å². The number of carbonyl (C=O) groups is 3. The van der Waals surface area contributed by atoms with Gasteiger partial charge in [-0.1, -0.05) is 224 Å². The maximum atomic E-state index is 12.9. The first-order chi connectivity index (χ1) is 34.2. The van der Waals surface area contributed by atoms with Crippen LogP contribution in [0.2, 0.25) is 0 Å². The van der Waals surface area contributed by atoms with Gasteiger partial charge in [0.15, 0.2) is 6.10 Å². The second-order valence-electron chi connectivity index (χ2n) is 19.5. The Labute approximate surface area is 429 Å². The molecule has 2 N–H and O–H groups in total. The maximum absolute atomic E-state index is 12.9. The lowest BCUT2D eigenvalue weighted by Gasteiger charge is -2.21. The molecule has 0 rings (SSSR count). The number of aliphatic hydroxyl groups excluding tert-OH is 1. The van der Waals surface area contributed by atoms with Crippen molar-refractivity contribution in [1.82, 2.24) is 0 Å². The van der Waals surface area contributed by atoms with Crippen LogP contribution in [0.15, 0.2) is 36.5 Å². The summed E-state index contributed by atoms with van der Waals surface area (Å²) in [5.41, 5.74) is 0. The Balaban J connectivity index is 4.71. The molecule has 0 fully saturated rings. The number of phosphoric ester groups is 1. The summed E-state index contributed by atoms with van der Waals surface area (Å²) in [7, 11) is -4.74. The fraction of sp³-hybridized carbons (Fsp3) is 0.845. The minimum absolute atomic E-state index is 0.162. The van der Waals surface area contributed by atoms with Crippen LogP contribution in [-0.4, -0.2) is 66.5 Å². The van der Waals surface area contributed by atoms with E-state index in [4.69, 9.17) is 23.3 Å². The van der Waals surface area contributed by atoms with Crippen LogP contribution < -0.4 is 0 Å². The molecule has 12 heteroatoms. The lowest BCUT2D eigenvalue weighted by molar-refractivity contribution is -0.161. The summed E-state index contributed by atoms with van der Waals surface area (Å²) in [5.74, 6) is -1.47. The van der Waals surface area contributed by atoms with Crippen LogP contribution in [0.4, 0.5) is 0 Å². The van der Waals surface area contributed by atoms with Gasteiger partial charge >= 0.3 is 25.7 Å². The van der Waals surface area contributed by atoms with E-state index in [9.17, 15) is 28.9 Å². The molecule has 0 aromatic rings. The number of aliphatic hydroxyl groups is 1. The van der Waals surface area contributed by atoms with E-state index < -0.39 is 57.8 Å². The van der Waals surface area contributed by atoms with Gasteiger partial charge in [0.2, 0.25) is 0 Å². The third kappa shape index (κ3) is 50.6. The van der Waals surface area contributed by atoms with E-state index in [2.05, 4.69) is 57.2 Å². The first-order valence-electron chi connectivity index (χ1n) is 28.9. The fourth-order valence-corrected chi connectivity index (χ4v) is 8.88. The van der Waals surface area contributed by atoms with Crippen LogP contribution in [0.5, 0.6) is 0 Å². The van der Waals surface area contributed by atoms with Crippen molar-refractivity contribution in [2.24, 2.45) is 0 Å². The quantitative estimate of drug-likeness (QED) is 0.0197. The zero-order chi connectivity index (χ0) is 51.3. The molecule has 0 bridgehead atoms. The number of hydrogen-bond donors (Lipinski definition) is 2. The second kappa shape index (κ2) is 53.0. The highest BCUT2D eigenvalue weighted by atomic mass is 31.2. The summed E-state index contributed by atoms with van der Waals surface area (Å²) in [4.78, 5) is 48.5. The number of carbonyl (C=O) groups excluding carboxylic acids is 3. The number of ether oxygens (including phenoxy) is 3. The van der Waals surface area contributed by atoms with Gasteiger partial charge in [-0.05, 0) is 70.6 Å². The predicted octanol–water partition coefficient (Wildman–Crippen LogP) is 16.8. The Morgan fingerprint density at radius 2 is 0.729 bits per heavy atom. The van der Waals surface area contributed by atoms with Crippen LogP contribution in [0.3, 0.4) is 0 Å². The topological polar surface area (TPSA) is 155 Å². The third-order valence-corrected chi connectivity index (χ3v) is 13.5. The van der Waals surface area contributed by atoms with Crippen molar-refractivity contribution in [3.8, 4) is 0 Å². The molecule has 0 saturated heterocycles. The van der Waals surface area contributed by atoms with Crippen molar-refractivity contribution in [3.63, 3.8) is 0 Å². The standard InChI is InChI=1S/C58H107O11P/c1-4-7-10-13-16-19-22-25-26-27-28-31-34-37-40-43-46-49-58(62)69-55(51-65-56(60)47-44-41-38-35-32-29-23-20-17-14-11-8-5-2)53-67-70(63,64)66-52-54(50-59)68-57(61)48-45-42-39-36-33-30-24-21-18-15-12-9-6-3/h11,14,20,23,25-26,54-55,59H,4-10,12-13,15-19,21-22,24,27-53H2,1-3H3,(H,63,64)/b14-11-,23-20-,26-25-. The smallest absolute Gasteiger partial charge is 0.462 e. The molecule has 0 aliphatic rings. The lowest BCUT2D eigenvalue weighted by Crippen LogP contribution is -2.30. The van der Waals surface area contributed by atoms with Gasteiger partial charge in [0.25, 0.3) is 0 Å². The van der Waals surface area contributed by atoms with Crippen LogP contribution in [-0.2, 0) is 42.2 Å². The SMILES string of the molecule is CCC/C=C\C/C=C\CCCCCCCC(=O)OCC(COP(=O)(O)OCC(CO)OC(=O)CCCCCCCCCCCCCCC)OC(=O)CCCCCCCCC/C=C\CCCCCCCC. The summed E-state index contributed by atoms with van der Waals surface area (Å²) in [6.45, 7) is 4.59. The van der Waals surface area contributed by atoms with E-state index in [1.807, 2.05) is 0 Å². The predicted molar refractivity (Wildman–Crippen MR) is 289 cm³/mol. The largest absolute Gasteiger partial charge is 0.472 e. The Hall–Kier alpha value is -2.30. The van der Waals surface area contributed by atoms with Crippen molar-refractivity contribution in [2.75, 3.05) is 26.4 Å². The van der Waals surface area contributed by atoms with E-state index >= 15 is 0 Å². The van der Waals surface area contributed by atoms with Crippen molar-refractivity contribution >= 4 is 25.7 Å². The highest BCUT2D eigenvalue weighted by molar-refractivity contribution is 7.47. The molecule has 0 heterocycles. The summed E-state index contributed by atoms with van der Waals surface area (Å²) in [6.07, 6.45) is 53.8. The summed E-state index contributed by atoms with van der Waals surface area (Å²) >= 11 is 0.